The van der Waals surface area contributed by atoms with Gasteiger partial charge in [-0.15, -0.1) is 0 Å². The molecule has 0 aromatic rings. The number of fused-ring (bicyclic) bond motifs is 1. The minimum Gasteiger partial charge on any atom is -0.396 e. The van der Waals surface area contributed by atoms with E-state index < -0.39 is 18.2 Å². The number of amidine groups is 1. The van der Waals surface area contributed by atoms with Crippen LogP contribution in [0.15, 0.2) is 4.99 Å². The van der Waals surface area contributed by atoms with E-state index in [1.165, 1.54) is 11.8 Å². The van der Waals surface area contributed by atoms with Gasteiger partial charge in [-0.05, 0) is 19.3 Å². The Morgan fingerprint density at radius 3 is 2.63 bits per heavy atom. The molecule has 5 atom stereocenters. The van der Waals surface area contributed by atoms with Crippen molar-refractivity contribution < 1.29 is 20.1 Å². The largest absolute Gasteiger partial charge is 0.396 e. The van der Waals surface area contributed by atoms with Gasteiger partial charge in [0.2, 0.25) is 0 Å². The summed E-state index contributed by atoms with van der Waals surface area (Å²) >= 11 is 1.48. The van der Waals surface area contributed by atoms with Gasteiger partial charge in [0.1, 0.15) is 23.7 Å². The molecule has 0 amide bonds. The monoisotopic (exact) mass is 290 g/mol. The zero-order valence-corrected chi connectivity index (χ0v) is 12.1. The van der Waals surface area contributed by atoms with Crippen molar-refractivity contribution in [3.63, 3.8) is 0 Å². The Morgan fingerprint density at radius 2 is 2.00 bits per heavy atom. The number of thioether (sulfide) groups is 1. The molecule has 110 valence electrons. The van der Waals surface area contributed by atoms with Crippen LogP contribution in [0.2, 0.25) is 0 Å². The van der Waals surface area contributed by atoms with Crippen LogP contribution < -0.4 is 0 Å². The molecule has 7 heteroatoms. The average Bonchev–Trinajstić information content (AvgIpc) is 2.80. The van der Waals surface area contributed by atoms with E-state index in [2.05, 4.69) is 4.99 Å². The minimum absolute atomic E-state index is 0.139. The summed E-state index contributed by atoms with van der Waals surface area (Å²) in [5.41, 5.74) is -0.227. The number of unbranched alkanes of at least 4 members (excludes halogenated alkanes) is 1. The molecule has 1 fully saturated rings. The van der Waals surface area contributed by atoms with E-state index in [0.717, 1.165) is 11.6 Å². The van der Waals surface area contributed by atoms with E-state index in [4.69, 9.17) is 9.84 Å². The van der Waals surface area contributed by atoms with Crippen LogP contribution in [0.1, 0.15) is 19.3 Å². The Labute approximate surface area is 117 Å². The summed E-state index contributed by atoms with van der Waals surface area (Å²) in [5, 5.41) is 29.8. The number of rotatable bonds is 4. The number of ether oxygens (including phenoxy) is 1. The highest BCUT2D eigenvalue weighted by Crippen LogP contribution is 2.37. The first-order valence-corrected chi connectivity index (χ1v) is 7.46. The molecule has 0 aliphatic carbocycles. The summed E-state index contributed by atoms with van der Waals surface area (Å²) < 4.78 is 5.85. The summed E-state index contributed by atoms with van der Waals surface area (Å²) in [6, 6.07) is -0.397. The predicted octanol–water partition coefficient (Wildman–Crippen LogP) is -0.371. The number of nitrogens with zero attached hydrogens (tertiary/aromatic N) is 2. The second kappa shape index (κ2) is 6.41. The van der Waals surface area contributed by atoms with Gasteiger partial charge in [0.15, 0.2) is 5.17 Å². The molecule has 6 nitrogen and oxygen atoms in total. The first-order valence-electron chi connectivity index (χ1n) is 6.59. The Bertz CT molecular complexity index is 340. The van der Waals surface area contributed by atoms with Gasteiger partial charge in [-0.2, -0.15) is 0 Å². The summed E-state index contributed by atoms with van der Waals surface area (Å²) in [7, 11) is 3.79. The second-order valence-electron chi connectivity index (χ2n) is 5.16. The third kappa shape index (κ3) is 3.22. The molecular formula is C12H22N2O4S. The number of hydrogen-bond acceptors (Lipinski definition) is 7. The Morgan fingerprint density at radius 1 is 1.26 bits per heavy atom. The van der Waals surface area contributed by atoms with E-state index in [9.17, 15) is 10.2 Å². The summed E-state index contributed by atoms with van der Waals surface area (Å²) in [6.07, 6.45) is -0.0851. The lowest BCUT2D eigenvalue weighted by molar-refractivity contribution is -0.155. The van der Waals surface area contributed by atoms with Crippen molar-refractivity contribution in [2.45, 2.75) is 49.1 Å². The quantitative estimate of drug-likeness (QED) is 0.613. The van der Waals surface area contributed by atoms with Crippen LogP contribution in [0.25, 0.3) is 0 Å². The molecule has 0 aromatic heterocycles. The summed E-state index contributed by atoms with van der Waals surface area (Å²) in [6.45, 7) is 0.139. The van der Waals surface area contributed by atoms with Gasteiger partial charge in [0, 0.05) is 20.7 Å². The van der Waals surface area contributed by atoms with Crippen LogP contribution in [-0.2, 0) is 4.74 Å². The topological polar surface area (TPSA) is 85.5 Å². The fraction of sp³-hybridized carbons (Fsp3) is 0.917. The van der Waals surface area contributed by atoms with Crippen molar-refractivity contribution in [1.82, 2.24) is 4.90 Å². The number of hydrogen-bond donors (Lipinski definition) is 3. The maximum absolute atomic E-state index is 10.2. The van der Waals surface area contributed by atoms with E-state index in [0.29, 0.717) is 12.8 Å². The van der Waals surface area contributed by atoms with Gasteiger partial charge in [-0.1, -0.05) is 11.8 Å². The van der Waals surface area contributed by atoms with Crippen molar-refractivity contribution in [2.75, 3.05) is 20.7 Å². The molecule has 2 aliphatic rings. The lowest BCUT2D eigenvalue weighted by Gasteiger charge is -2.38. The van der Waals surface area contributed by atoms with Crippen LogP contribution in [0.5, 0.6) is 0 Å². The molecule has 2 rings (SSSR count). The second-order valence-corrected chi connectivity index (χ2v) is 6.22. The standard InChI is InChI=1S/C12H22N2O4S/c1-14(2)12-13-8-10(17)9(16)7(5-3-4-6-15)18-11(8)19-12/h7-11,15-17H,3-6H2,1-2H3/t7-,8-,9-,10-,11-/m1/s1. The zero-order chi connectivity index (χ0) is 14.0. The van der Waals surface area contributed by atoms with Crippen molar-refractivity contribution in [3.8, 4) is 0 Å². The van der Waals surface area contributed by atoms with Gasteiger partial charge in [0.25, 0.3) is 0 Å². The molecule has 0 radical (unpaired) electrons. The Kier molecular flexibility index (Phi) is 5.08. The van der Waals surface area contributed by atoms with Crippen molar-refractivity contribution in [2.24, 2.45) is 4.99 Å². The molecule has 0 aromatic carbocycles. The van der Waals surface area contributed by atoms with Crippen molar-refractivity contribution >= 4 is 16.9 Å². The molecule has 0 unspecified atom stereocenters. The molecular weight excluding hydrogens is 268 g/mol. The molecule has 2 heterocycles. The van der Waals surface area contributed by atoms with Gasteiger partial charge in [-0.3, -0.25) is 4.99 Å². The Hall–Kier alpha value is -0.340. The maximum Gasteiger partial charge on any atom is 0.161 e. The van der Waals surface area contributed by atoms with E-state index in [1.54, 1.807) is 0 Å². The maximum atomic E-state index is 10.2. The van der Waals surface area contributed by atoms with Gasteiger partial charge >= 0.3 is 0 Å². The number of aliphatic imine (C=N–C) groups is 1. The zero-order valence-electron chi connectivity index (χ0n) is 11.3. The predicted molar refractivity (Wildman–Crippen MR) is 74.1 cm³/mol. The van der Waals surface area contributed by atoms with E-state index >= 15 is 0 Å². The molecule has 2 aliphatic heterocycles. The third-order valence-electron chi connectivity index (χ3n) is 3.43. The number of aliphatic hydroxyl groups is 3. The molecule has 1 saturated heterocycles. The number of aliphatic hydroxyl groups excluding tert-OH is 3. The smallest absolute Gasteiger partial charge is 0.161 e. The first kappa shape index (κ1) is 15.1. The summed E-state index contributed by atoms with van der Waals surface area (Å²) in [4.78, 5) is 6.28. The molecule has 19 heavy (non-hydrogen) atoms. The highest BCUT2D eigenvalue weighted by molar-refractivity contribution is 8.14. The van der Waals surface area contributed by atoms with Crippen LogP contribution in [0, 0.1) is 0 Å². The molecule has 0 saturated carbocycles. The van der Waals surface area contributed by atoms with Gasteiger partial charge in [-0.25, -0.2) is 0 Å². The Balaban J connectivity index is 1.98. The van der Waals surface area contributed by atoms with Gasteiger partial charge < -0.3 is 25.0 Å². The lowest BCUT2D eigenvalue weighted by Crippen LogP contribution is -2.54. The average molecular weight is 290 g/mol. The lowest BCUT2D eigenvalue weighted by atomic mass is 9.95. The van der Waals surface area contributed by atoms with Crippen molar-refractivity contribution in [3.05, 3.63) is 0 Å². The SMILES string of the molecule is CN(C)C1=N[C@@H]2[C@@H](O)[C@H](O)[C@@H](CCCCO)O[C@@H]2S1. The van der Waals surface area contributed by atoms with Crippen LogP contribution in [0.3, 0.4) is 0 Å². The normalized spacial score (nSPS) is 37.9. The van der Waals surface area contributed by atoms with Crippen molar-refractivity contribution in [1.29, 1.82) is 0 Å². The molecule has 0 bridgehead atoms. The van der Waals surface area contributed by atoms with Crippen LogP contribution in [-0.4, -0.2) is 75.9 Å². The van der Waals surface area contributed by atoms with Crippen LogP contribution >= 0.6 is 11.8 Å². The van der Waals surface area contributed by atoms with Crippen LogP contribution in [0.4, 0.5) is 0 Å². The fourth-order valence-corrected chi connectivity index (χ4v) is 3.49. The highest BCUT2D eigenvalue weighted by Gasteiger charge is 2.48. The third-order valence-corrected chi connectivity index (χ3v) is 4.73. The molecule has 3 N–H and O–H groups in total. The van der Waals surface area contributed by atoms with E-state index in [-0.39, 0.29) is 18.1 Å². The summed E-state index contributed by atoms with van der Waals surface area (Å²) in [5.74, 6) is 0. The first-order chi connectivity index (χ1) is 9.04. The highest BCUT2D eigenvalue weighted by atomic mass is 32.2. The fourth-order valence-electron chi connectivity index (χ4n) is 2.33. The minimum atomic E-state index is -0.911. The molecule has 0 spiro atoms. The van der Waals surface area contributed by atoms with E-state index in [1.807, 2.05) is 19.0 Å². The van der Waals surface area contributed by atoms with Gasteiger partial charge in [0.05, 0.1) is 6.10 Å².